The first kappa shape index (κ1) is 11.0. The van der Waals surface area contributed by atoms with Gasteiger partial charge in [0.25, 0.3) is 0 Å². The molecule has 0 saturated carbocycles. The molecule has 1 unspecified atom stereocenters. The first-order chi connectivity index (χ1) is 7.62. The Balaban J connectivity index is 2.16. The Morgan fingerprint density at radius 1 is 1.69 bits per heavy atom. The fourth-order valence-corrected chi connectivity index (χ4v) is 1.93. The van der Waals surface area contributed by atoms with Gasteiger partial charge in [-0.2, -0.15) is 4.80 Å². The second-order valence-electron chi connectivity index (χ2n) is 4.11. The van der Waals surface area contributed by atoms with Crippen molar-refractivity contribution in [2.75, 3.05) is 13.2 Å². The number of aryl methyl sites for hydroxylation is 1. The zero-order valence-corrected chi connectivity index (χ0v) is 9.09. The van der Waals surface area contributed by atoms with E-state index >= 15 is 0 Å². The standard InChI is InChI=1S/C9H14N4O3/c1-13-11-7(10-12-13)5-9(8(14)15)3-2-4-16-6-9/h2-6H2,1H3,(H,14,15). The van der Waals surface area contributed by atoms with E-state index in [1.54, 1.807) is 7.05 Å². The van der Waals surface area contributed by atoms with E-state index < -0.39 is 11.4 Å². The monoisotopic (exact) mass is 226 g/mol. The van der Waals surface area contributed by atoms with Gasteiger partial charge >= 0.3 is 5.97 Å². The number of carboxylic acids is 1. The first-order valence-electron chi connectivity index (χ1n) is 5.16. The third-order valence-electron chi connectivity index (χ3n) is 2.82. The predicted octanol–water partition coefficient (Wildman–Crippen LogP) is -0.366. The van der Waals surface area contributed by atoms with Gasteiger partial charge < -0.3 is 9.84 Å². The highest BCUT2D eigenvalue weighted by Gasteiger charge is 2.41. The number of tetrazole rings is 1. The van der Waals surface area contributed by atoms with Crippen molar-refractivity contribution in [3.05, 3.63) is 5.82 Å². The van der Waals surface area contributed by atoms with E-state index in [-0.39, 0.29) is 13.0 Å². The van der Waals surface area contributed by atoms with Crippen molar-refractivity contribution in [3.63, 3.8) is 0 Å². The molecule has 7 heteroatoms. The van der Waals surface area contributed by atoms with Crippen LogP contribution in [0.1, 0.15) is 18.7 Å². The van der Waals surface area contributed by atoms with Gasteiger partial charge in [0.05, 0.1) is 19.1 Å². The number of rotatable bonds is 3. The van der Waals surface area contributed by atoms with Crippen LogP contribution in [0.2, 0.25) is 0 Å². The lowest BCUT2D eigenvalue weighted by molar-refractivity contribution is -0.157. The fraction of sp³-hybridized carbons (Fsp3) is 0.778. The molecule has 0 aromatic carbocycles. The smallest absolute Gasteiger partial charge is 0.312 e. The molecule has 1 aliphatic rings. The summed E-state index contributed by atoms with van der Waals surface area (Å²) in [5.41, 5.74) is -0.888. The number of aliphatic carboxylic acids is 1. The normalized spacial score (nSPS) is 25.6. The lowest BCUT2D eigenvalue weighted by atomic mass is 9.79. The van der Waals surface area contributed by atoms with E-state index in [1.165, 1.54) is 4.80 Å². The molecule has 2 heterocycles. The van der Waals surface area contributed by atoms with Crippen LogP contribution in [0.3, 0.4) is 0 Å². The van der Waals surface area contributed by atoms with Crippen LogP contribution in [-0.4, -0.2) is 44.5 Å². The largest absolute Gasteiger partial charge is 0.481 e. The topological polar surface area (TPSA) is 90.1 Å². The van der Waals surface area contributed by atoms with Crippen molar-refractivity contribution in [2.45, 2.75) is 19.3 Å². The van der Waals surface area contributed by atoms with Gasteiger partial charge in [-0.15, -0.1) is 10.2 Å². The van der Waals surface area contributed by atoms with Crippen LogP contribution >= 0.6 is 0 Å². The number of aromatic nitrogens is 4. The van der Waals surface area contributed by atoms with Gasteiger partial charge in [-0.05, 0) is 18.1 Å². The second-order valence-corrected chi connectivity index (χ2v) is 4.11. The minimum atomic E-state index is -0.888. The van der Waals surface area contributed by atoms with Crippen LogP contribution in [0.4, 0.5) is 0 Å². The summed E-state index contributed by atoms with van der Waals surface area (Å²) in [5.74, 6) is -0.393. The van der Waals surface area contributed by atoms with Crippen molar-refractivity contribution < 1.29 is 14.6 Å². The molecule has 88 valence electrons. The van der Waals surface area contributed by atoms with Gasteiger partial charge in [0, 0.05) is 13.0 Å². The number of nitrogens with zero attached hydrogens (tertiary/aromatic N) is 4. The Morgan fingerprint density at radius 3 is 3.00 bits per heavy atom. The van der Waals surface area contributed by atoms with E-state index in [1.807, 2.05) is 0 Å². The SMILES string of the molecule is Cn1nnc(CC2(C(=O)O)CCCOC2)n1. The van der Waals surface area contributed by atoms with Gasteiger partial charge in [0.2, 0.25) is 0 Å². The van der Waals surface area contributed by atoms with Crippen LogP contribution in [-0.2, 0) is 23.0 Å². The Kier molecular flexibility index (Phi) is 2.86. The molecule has 0 amide bonds. The molecule has 1 fully saturated rings. The average Bonchev–Trinajstić information content (AvgIpc) is 2.65. The molecule has 7 nitrogen and oxygen atoms in total. The lowest BCUT2D eigenvalue weighted by Crippen LogP contribution is -2.41. The lowest BCUT2D eigenvalue weighted by Gasteiger charge is -2.31. The van der Waals surface area contributed by atoms with Gasteiger partial charge in [-0.3, -0.25) is 4.79 Å². The summed E-state index contributed by atoms with van der Waals surface area (Å²) in [7, 11) is 1.65. The minimum absolute atomic E-state index is 0.223. The maximum Gasteiger partial charge on any atom is 0.312 e. The molecule has 2 rings (SSSR count). The van der Waals surface area contributed by atoms with E-state index in [0.29, 0.717) is 18.9 Å². The molecule has 16 heavy (non-hydrogen) atoms. The Bertz CT molecular complexity index is 384. The molecule has 1 aromatic heterocycles. The molecule has 1 atom stereocenters. The minimum Gasteiger partial charge on any atom is -0.481 e. The third-order valence-corrected chi connectivity index (χ3v) is 2.82. The van der Waals surface area contributed by atoms with Crippen LogP contribution in [0.25, 0.3) is 0 Å². The molecule has 1 N–H and O–H groups in total. The van der Waals surface area contributed by atoms with Gasteiger partial charge in [-0.1, -0.05) is 0 Å². The third kappa shape index (κ3) is 2.04. The molecule has 1 aliphatic heterocycles. The van der Waals surface area contributed by atoms with E-state index in [9.17, 15) is 9.90 Å². The number of ether oxygens (including phenoxy) is 1. The van der Waals surface area contributed by atoms with Gasteiger partial charge in [0.1, 0.15) is 0 Å². The Morgan fingerprint density at radius 2 is 2.50 bits per heavy atom. The van der Waals surface area contributed by atoms with Gasteiger partial charge in [-0.25, -0.2) is 0 Å². The van der Waals surface area contributed by atoms with Crippen LogP contribution in [0, 0.1) is 5.41 Å². The average molecular weight is 226 g/mol. The van der Waals surface area contributed by atoms with Crippen molar-refractivity contribution in [3.8, 4) is 0 Å². The van der Waals surface area contributed by atoms with Gasteiger partial charge in [0.15, 0.2) is 5.82 Å². The Hall–Kier alpha value is -1.50. The maximum absolute atomic E-state index is 11.3. The summed E-state index contributed by atoms with van der Waals surface area (Å²) in [6.45, 7) is 0.851. The zero-order chi connectivity index (χ0) is 11.6. The van der Waals surface area contributed by atoms with Crippen LogP contribution < -0.4 is 0 Å². The molecule has 0 aliphatic carbocycles. The predicted molar refractivity (Wildman–Crippen MR) is 52.6 cm³/mol. The first-order valence-corrected chi connectivity index (χ1v) is 5.16. The van der Waals surface area contributed by atoms with Crippen LogP contribution in [0.15, 0.2) is 0 Å². The molecule has 0 radical (unpaired) electrons. The van der Waals surface area contributed by atoms with Crippen molar-refractivity contribution in [1.82, 2.24) is 20.2 Å². The summed E-state index contributed by atoms with van der Waals surface area (Å²) in [4.78, 5) is 12.7. The summed E-state index contributed by atoms with van der Waals surface area (Å²) >= 11 is 0. The quantitative estimate of drug-likeness (QED) is 0.756. The highest BCUT2D eigenvalue weighted by atomic mass is 16.5. The van der Waals surface area contributed by atoms with E-state index in [0.717, 1.165) is 6.42 Å². The molecule has 0 bridgehead atoms. The van der Waals surface area contributed by atoms with Crippen molar-refractivity contribution in [1.29, 1.82) is 0 Å². The number of hydrogen-bond acceptors (Lipinski definition) is 5. The summed E-state index contributed by atoms with van der Waals surface area (Å²) < 4.78 is 5.26. The zero-order valence-electron chi connectivity index (χ0n) is 9.09. The Labute approximate surface area is 92.4 Å². The number of carboxylic acid groups (broad SMARTS) is 1. The molecule has 1 saturated heterocycles. The molecular formula is C9H14N4O3. The highest BCUT2D eigenvalue weighted by molar-refractivity contribution is 5.75. The molecular weight excluding hydrogens is 212 g/mol. The second kappa shape index (κ2) is 4.17. The summed E-state index contributed by atoms with van der Waals surface area (Å²) in [6, 6.07) is 0. The van der Waals surface area contributed by atoms with E-state index in [2.05, 4.69) is 15.4 Å². The highest BCUT2D eigenvalue weighted by Crippen LogP contribution is 2.31. The molecule has 1 aromatic rings. The van der Waals surface area contributed by atoms with Crippen molar-refractivity contribution in [2.24, 2.45) is 12.5 Å². The molecule has 0 spiro atoms. The summed E-state index contributed by atoms with van der Waals surface area (Å²) in [5, 5.41) is 20.8. The van der Waals surface area contributed by atoms with Crippen LogP contribution in [0.5, 0.6) is 0 Å². The number of hydrogen-bond donors (Lipinski definition) is 1. The number of carbonyl (C=O) groups is 1. The van der Waals surface area contributed by atoms with Crippen molar-refractivity contribution >= 4 is 5.97 Å². The summed E-state index contributed by atoms with van der Waals surface area (Å²) in [6.07, 6.45) is 1.63. The maximum atomic E-state index is 11.3. The fourth-order valence-electron chi connectivity index (χ4n) is 1.93. The van der Waals surface area contributed by atoms with E-state index in [4.69, 9.17) is 4.74 Å².